The molecule has 0 bridgehead atoms. The van der Waals surface area contributed by atoms with Crippen molar-refractivity contribution in [3.8, 4) is 11.3 Å². The quantitative estimate of drug-likeness (QED) is 0.132. The molecular weight excluding hydrogens is 762 g/mol. The molecule has 10 aromatic carbocycles. The largest absolute Gasteiger partial charge is 0.309 e. The van der Waals surface area contributed by atoms with Crippen LogP contribution in [-0.2, 0) is 4.57 Å². The molecule has 13 rings (SSSR count). The molecule has 0 aliphatic heterocycles. The van der Waals surface area contributed by atoms with E-state index in [0.29, 0.717) is 5.30 Å². The first-order valence-corrected chi connectivity index (χ1v) is 22.4. The van der Waals surface area contributed by atoms with Gasteiger partial charge in [-0.25, -0.2) is 4.98 Å². The zero-order valence-electron chi connectivity index (χ0n) is 32.8. The highest BCUT2D eigenvalue weighted by atomic mass is 31.2. The topological polar surface area (TPSA) is 47.3 Å². The number of fused-ring (bicyclic) bond motifs is 16. The third kappa shape index (κ3) is 4.97. The second-order valence-corrected chi connectivity index (χ2v) is 18.8. The van der Waals surface area contributed by atoms with Crippen molar-refractivity contribution in [3.63, 3.8) is 0 Å². The Hall–Kier alpha value is -7.65. The van der Waals surface area contributed by atoms with Crippen LogP contribution in [0.2, 0.25) is 0 Å². The van der Waals surface area contributed by atoms with Crippen LogP contribution in [0.5, 0.6) is 0 Å². The van der Waals surface area contributed by atoms with Crippen molar-refractivity contribution in [3.05, 3.63) is 206 Å². The Labute approximate surface area is 350 Å². The van der Waals surface area contributed by atoms with Crippen molar-refractivity contribution in [1.82, 2.24) is 14.4 Å². The lowest BCUT2D eigenvalue weighted by molar-refractivity contribution is 0.592. The number of benzene rings is 10. The summed E-state index contributed by atoms with van der Waals surface area (Å²) in [6.45, 7) is 0. The normalized spacial score (nSPS) is 13.1. The maximum atomic E-state index is 16.6. The first-order chi connectivity index (χ1) is 30.1. The summed E-state index contributed by atoms with van der Waals surface area (Å²) in [4.78, 5) is 10.3. The van der Waals surface area contributed by atoms with Gasteiger partial charge in [0.05, 0.1) is 22.2 Å². The number of aromatic nitrogens is 3. The van der Waals surface area contributed by atoms with Crippen LogP contribution in [0.3, 0.4) is 0 Å². The van der Waals surface area contributed by atoms with E-state index in [0.717, 1.165) is 103 Å². The Balaban J connectivity index is 1.01. The molecule has 0 saturated carbocycles. The maximum absolute atomic E-state index is 16.6. The minimum Gasteiger partial charge on any atom is -0.309 e. The Morgan fingerprint density at radius 3 is 1.80 bits per heavy atom. The molecule has 5 heteroatoms. The summed E-state index contributed by atoms with van der Waals surface area (Å²) in [5.41, 5.74) is 5.98. The first-order valence-electron chi connectivity index (χ1n) is 20.7. The van der Waals surface area contributed by atoms with Crippen molar-refractivity contribution >= 4 is 115 Å². The lowest BCUT2D eigenvalue weighted by Gasteiger charge is -2.23. The van der Waals surface area contributed by atoms with E-state index in [2.05, 4.69) is 180 Å². The van der Waals surface area contributed by atoms with Gasteiger partial charge in [-0.15, -0.1) is 0 Å². The highest BCUT2D eigenvalue weighted by Crippen LogP contribution is 2.47. The van der Waals surface area contributed by atoms with Gasteiger partial charge in [-0.3, -0.25) is 9.38 Å². The number of rotatable bonds is 4. The summed E-state index contributed by atoms with van der Waals surface area (Å²) in [6, 6.07) is 70.1. The highest BCUT2D eigenvalue weighted by molar-refractivity contribution is 7.85. The van der Waals surface area contributed by atoms with E-state index < -0.39 is 7.14 Å². The fraction of sp³-hybridized carbons (Fsp3) is 0. The fourth-order valence-electron chi connectivity index (χ4n) is 9.93. The van der Waals surface area contributed by atoms with E-state index in [4.69, 9.17) is 9.97 Å². The van der Waals surface area contributed by atoms with E-state index in [1.165, 1.54) is 10.8 Å². The monoisotopic (exact) mass is 795 g/mol. The van der Waals surface area contributed by atoms with Crippen molar-refractivity contribution in [2.24, 2.45) is 0 Å². The average molecular weight is 796 g/mol. The predicted molar refractivity (Wildman–Crippen MR) is 258 cm³/mol. The van der Waals surface area contributed by atoms with Crippen LogP contribution in [0.1, 0.15) is 0 Å². The van der Waals surface area contributed by atoms with Gasteiger partial charge in [0.2, 0.25) is 0 Å². The van der Waals surface area contributed by atoms with Crippen LogP contribution in [-0.4, -0.2) is 14.4 Å². The summed E-state index contributed by atoms with van der Waals surface area (Å²) in [7, 11) is -3.52. The molecule has 0 fully saturated rings. The molecule has 3 aromatic heterocycles. The van der Waals surface area contributed by atoms with E-state index in [-0.39, 0.29) is 0 Å². The highest BCUT2D eigenvalue weighted by Gasteiger charge is 2.33. The minimum absolute atomic E-state index is 0.698. The molecule has 4 nitrogen and oxygen atoms in total. The number of pyridine rings is 2. The average Bonchev–Trinajstić information content (AvgIpc) is 3.73. The molecule has 0 amide bonds. The van der Waals surface area contributed by atoms with Gasteiger partial charge < -0.3 is 4.57 Å². The molecule has 284 valence electrons. The summed E-state index contributed by atoms with van der Waals surface area (Å²) in [5, 5.41) is 16.9. The number of nitrogens with zero attached hydrogens (tertiary/aromatic N) is 3. The van der Waals surface area contributed by atoms with Gasteiger partial charge in [0.25, 0.3) is 0 Å². The molecule has 13 aromatic rings. The summed E-state index contributed by atoms with van der Waals surface area (Å²) in [5.74, 6) is 0. The number of hydrogen-bond acceptors (Lipinski definition) is 3. The Kier molecular flexibility index (Phi) is 7.25. The Bertz CT molecular complexity index is 4040. The smallest absolute Gasteiger partial charge is 0.173 e. The zero-order chi connectivity index (χ0) is 40.2. The van der Waals surface area contributed by atoms with Crippen molar-refractivity contribution in [1.29, 1.82) is 0 Å². The van der Waals surface area contributed by atoms with Crippen LogP contribution >= 0.6 is 7.14 Å². The number of para-hydroxylation sites is 2. The van der Waals surface area contributed by atoms with Gasteiger partial charge >= 0.3 is 0 Å². The predicted octanol–water partition coefficient (Wildman–Crippen LogP) is 13.3. The third-order valence-corrected chi connectivity index (χ3v) is 15.9. The van der Waals surface area contributed by atoms with Crippen LogP contribution in [0.4, 0.5) is 0 Å². The zero-order valence-corrected chi connectivity index (χ0v) is 33.7. The fourth-order valence-corrected chi connectivity index (χ4v) is 12.7. The summed E-state index contributed by atoms with van der Waals surface area (Å²) < 4.78 is 19.0. The molecule has 61 heavy (non-hydrogen) atoms. The van der Waals surface area contributed by atoms with E-state index in [9.17, 15) is 0 Å². The molecule has 0 N–H and O–H groups in total. The van der Waals surface area contributed by atoms with Crippen LogP contribution < -0.4 is 15.9 Å². The second-order valence-electron chi connectivity index (χ2n) is 16.1. The standard InChI is InChI=1S/C56H34N3OP/c60-61(40-26-23-36-22-21-35-11-1-3-13-42(35)50(36)33-40,54-32-37-12-2-4-14-43(37)45-15-5-7-17-47(45)54)41-27-30-51(57-34-41)39-25-28-44-38(31-39)24-29-48-46-16-6-8-18-49(46)56-58-52-19-9-10-20-53(52)59(56)55(44)48/h1-34H. The molecule has 0 aliphatic rings. The van der Waals surface area contributed by atoms with Crippen molar-refractivity contribution in [2.45, 2.75) is 0 Å². The SMILES string of the molecule is O=P(c1ccc(-c2ccc3c(ccc4c5ccccc5c5nc6ccccc6n5c34)c2)nc1)(c1ccc2ccc3ccccc3c2c1)c1cc2ccccc2c2ccccc12. The first kappa shape index (κ1) is 34.2. The molecular formula is C56H34N3OP. The van der Waals surface area contributed by atoms with E-state index in [1.807, 2.05) is 30.5 Å². The molecule has 0 radical (unpaired) electrons. The maximum Gasteiger partial charge on any atom is 0.173 e. The molecule has 3 heterocycles. The number of imidazole rings is 1. The van der Waals surface area contributed by atoms with Gasteiger partial charge in [0.1, 0.15) is 5.65 Å². The number of hydrogen-bond donors (Lipinski definition) is 0. The van der Waals surface area contributed by atoms with Crippen LogP contribution in [0, 0.1) is 0 Å². The van der Waals surface area contributed by atoms with Gasteiger partial charge in [-0.05, 0) is 96.3 Å². The Morgan fingerprint density at radius 1 is 0.410 bits per heavy atom. The van der Waals surface area contributed by atoms with Crippen molar-refractivity contribution in [2.75, 3.05) is 0 Å². The minimum atomic E-state index is -3.52. The third-order valence-electron chi connectivity index (χ3n) is 12.8. The van der Waals surface area contributed by atoms with Gasteiger partial charge in [-0.1, -0.05) is 158 Å². The van der Waals surface area contributed by atoms with Crippen LogP contribution in [0.15, 0.2) is 206 Å². The molecule has 1 unspecified atom stereocenters. The van der Waals surface area contributed by atoms with Gasteiger partial charge in [0.15, 0.2) is 7.14 Å². The lowest BCUT2D eigenvalue weighted by atomic mass is 9.98. The van der Waals surface area contributed by atoms with Gasteiger partial charge in [0, 0.05) is 43.8 Å². The Morgan fingerprint density at radius 2 is 1.00 bits per heavy atom. The molecule has 0 saturated heterocycles. The van der Waals surface area contributed by atoms with Gasteiger partial charge in [-0.2, -0.15) is 0 Å². The van der Waals surface area contributed by atoms with E-state index in [1.54, 1.807) is 0 Å². The molecule has 0 aliphatic carbocycles. The second kappa shape index (κ2) is 12.9. The van der Waals surface area contributed by atoms with Crippen LogP contribution in [0.25, 0.3) is 103 Å². The molecule has 0 spiro atoms. The van der Waals surface area contributed by atoms with E-state index >= 15 is 4.57 Å². The summed E-state index contributed by atoms with van der Waals surface area (Å²) >= 11 is 0. The molecule has 1 atom stereocenters. The lowest BCUT2D eigenvalue weighted by Crippen LogP contribution is -2.26. The van der Waals surface area contributed by atoms with Crippen molar-refractivity contribution < 1.29 is 4.57 Å². The summed E-state index contributed by atoms with van der Waals surface area (Å²) in [6.07, 6.45) is 1.85.